The SMILES string of the molecule is CCOc1ccc(-c2nnc(-c3cccc4c3CCC4NCCO)s2)cc1OCC. The average molecular weight is 426 g/mol. The van der Waals surface area contributed by atoms with Crippen LogP contribution in [-0.2, 0) is 6.42 Å². The molecule has 0 radical (unpaired) electrons. The fraction of sp³-hybridized carbons (Fsp3) is 0.391. The van der Waals surface area contributed by atoms with Crippen molar-refractivity contribution in [2.24, 2.45) is 0 Å². The summed E-state index contributed by atoms with van der Waals surface area (Å²) >= 11 is 1.59. The average Bonchev–Trinajstić information content (AvgIpc) is 3.41. The smallest absolute Gasteiger partial charge is 0.161 e. The number of nitrogens with one attached hydrogen (secondary N) is 1. The van der Waals surface area contributed by atoms with Crippen LogP contribution in [0.5, 0.6) is 11.5 Å². The van der Waals surface area contributed by atoms with Gasteiger partial charge >= 0.3 is 0 Å². The normalized spacial score (nSPS) is 15.2. The molecule has 158 valence electrons. The number of ether oxygens (including phenoxy) is 2. The van der Waals surface area contributed by atoms with Crippen LogP contribution in [0, 0.1) is 0 Å². The highest BCUT2D eigenvalue weighted by Crippen LogP contribution is 2.40. The number of nitrogens with zero attached hydrogens (tertiary/aromatic N) is 2. The Kier molecular flexibility index (Phi) is 6.62. The molecule has 7 heteroatoms. The summed E-state index contributed by atoms with van der Waals surface area (Å²) in [6.45, 7) is 5.85. The van der Waals surface area contributed by atoms with Crippen LogP contribution in [0.1, 0.15) is 37.4 Å². The van der Waals surface area contributed by atoms with E-state index in [-0.39, 0.29) is 6.61 Å². The van der Waals surface area contributed by atoms with Crippen molar-refractivity contribution < 1.29 is 14.6 Å². The van der Waals surface area contributed by atoms with E-state index in [9.17, 15) is 0 Å². The number of aliphatic hydroxyl groups is 1. The summed E-state index contributed by atoms with van der Waals surface area (Å²) in [5, 5.41) is 23.3. The summed E-state index contributed by atoms with van der Waals surface area (Å²) in [4.78, 5) is 0. The maximum absolute atomic E-state index is 9.12. The molecule has 2 N–H and O–H groups in total. The van der Waals surface area contributed by atoms with Gasteiger partial charge in [0.1, 0.15) is 10.0 Å². The lowest BCUT2D eigenvalue weighted by molar-refractivity contribution is 0.284. The van der Waals surface area contributed by atoms with E-state index in [1.165, 1.54) is 11.1 Å². The number of rotatable bonds is 9. The van der Waals surface area contributed by atoms with Gasteiger partial charge in [-0.1, -0.05) is 29.5 Å². The van der Waals surface area contributed by atoms with Crippen LogP contribution in [0.15, 0.2) is 36.4 Å². The molecule has 0 spiro atoms. The highest BCUT2D eigenvalue weighted by atomic mass is 32.1. The molecule has 1 atom stereocenters. The predicted molar refractivity (Wildman–Crippen MR) is 119 cm³/mol. The van der Waals surface area contributed by atoms with Gasteiger partial charge in [-0.2, -0.15) is 0 Å². The molecule has 1 aromatic heterocycles. The van der Waals surface area contributed by atoms with Crippen molar-refractivity contribution >= 4 is 11.3 Å². The second-order valence-electron chi connectivity index (χ2n) is 7.08. The lowest BCUT2D eigenvalue weighted by atomic mass is 10.0. The topological polar surface area (TPSA) is 76.5 Å². The Bertz CT molecular complexity index is 1010. The Morgan fingerprint density at radius 2 is 1.87 bits per heavy atom. The van der Waals surface area contributed by atoms with Gasteiger partial charge in [-0.3, -0.25) is 0 Å². The van der Waals surface area contributed by atoms with Crippen molar-refractivity contribution in [3.8, 4) is 32.6 Å². The Balaban J connectivity index is 1.63. The summed E-state index contributed by atoms with van der Waals surface area (Å²) < 4.78 is 11.4. The maximum atomic E-state index is 9.12. The summed E-state index contributed by atoms with van der Waals surface area (Å²) in [5.74, 6) is 1.47. The molecule has 1 unspecified atom stereocenters. The van der Waals surface area contributed by atoms with Crippen LogP contribution in [0.3, 0.4) is 0 Å². The van der Waals surface area contributed by atoms with Crippen LogP contribution in [0.4, 0.5) is 0 Å². The van der Waals surface area contributed by atoms with E-state index in [2.05, 4.69) is 33.7 Å². The molecule has 6 nitrogen and oxygen atoms in total. The van der Waals surface area contributed by atoms with Gasteiger partial charge in [0.2, 0.25) is 0 Å². The van der Waals surface area contributed by atoms with Gasteiger partial charge in [0.05, 0.1) is 19.8 Å². The number of aliphatic hydroxyl groups excluding tert-OH is 1. The van der Waals surface area contributed by atoms with Crippen molar-refractivity contribution in [3.05, 3.63) is 47.5 Å². The summed E-state index contributed by atoms with van der Waals surface area (Å²) in [7, 11) is 0. The molecule has 1 aliphatic rings. The van der Waals surface area contributed by atoms with E-state index in [1.807, 2.05) is 32.0 Å². The molecular weight excluding hydrogens is 398 g/mol. The van der Waals surface area contributed by atoms with Gasteiger partial charge in [0.25, 0.3) is 0 Å². The zero-order chi connectivity index (χ0) is 20.9. The first-order valence-electron chi connectivity index (χ1n) is 10.4. The molecule has 1 aliphatic carbocycles. The standard InChI is InChI=1S/C23H27N3O3S/c1-3-28-20-11-8-15(14-21(20)29-4-2)22-25-26-23(30-22)18-7-5-6-17-16(18)9-10-19(17)24-12-13-27/h5-8,11,14,19,24,27H,3-4,9-10,12-13H2,1-2H3. The minimum Gasteiger partial charge on any atom is -0.490 e. The fourth-order valence-electron chi connectivity index (χ4n) is 3.94. The second kappa shape index (κ2) is 9.55. The van der Waals surface area contributed by atoms with Crippen molar-refractivity contribution in [2.75, 3.05) is 26.4 Å². The van der Waals surface area contributed by atoms with Crippen molar-refractivity contribution in [1.29, 1.82) is 0 Å². The van der Waals surface area contributed by atoms with Gasteiger partial charge in [-0.25, -0.2) is 0 Å². The lowest BCUT2D eigenvalue weighted by Gasteiger charge is -2.13. The molecule has 0 aliphatic heterocycles. The van der Waals surface area contributed by atoms with Crippen molar-refractivity contribution in [2.45, 2.75) is 32.7 Å². The van der Waals surface area contributed by atoms with E-state index in [1.54, 1.807) is 11.3 Å². The highest BCUT2D eigenvalue weighted by Gasteiger charge is 2.25. The van der Waals surface area contributed by atoms with E-state index in [4.69, 9.17) is 14.6 Å². The van der Waals surface area contributed by atoms with Gasteiger partial charge in [0.15, 0.2) is 11.5 Å². The summed E-state index contributed by atoms with van der Waals surface area (Å²) in [6.07, 6.45) is 2.04. The first-order valence-corrected chi connectivity index (χ1v) is 11.3. The molecule has 0 bridgehead atoms. The van der Waals surface area contributed by atoms with Gasteiger partial charge in [0, 0.05) is 23.7 Å². The number of benzene rings is 2. The molecule has 2 aromatic carbocycles. The van der Waals surface area contributed by atoms with E-state index in [0.29, 0.717) is 25.8 Å². The molecular formula is C23H27N3O3S. The van der Waals surface area contributed by atoms with Crippen molar-refractivity contribution in [3.63, 3.8) is 0 Å². The van der Waals surface area contributed by atoms with Crippen LogP contribution < -0.4 is 14.8 Å². The Morgan fingerprint density at radius 1 is 1.07 bits per heavy atom. The van der Waals surface area contributed by atoms with E-state index in [0.717, 1.165) is 45.5 Å². The third kappa shape index (κ3) is 4.19. The number of fused-ring (bicyclic) bond motifs is 1. The minimum atomic E-state index is 0.150. The molecule has 4 rings (SSSR count). The second-order valence-corrected chi connectivity index (χ2v) is 8.06. The molecule has 30 heavy (non-hydrogen) atoms. The van der Waals surface area contributed by atoms with Crippen LogP contribution in [0.25, 0.3) is 21.1 Å². The van der Waals surface area contributed by atoms with Gasteiger partial charge in [-0.15, -0.1) is 10.2 Å². The lowest BCUT2D eigenvalue weighted by Crippen LogP contribution is -2.22. The number of hydrogen-bond donors (Lipinski definition) is 2. The van der Waals surface area contributed by atoms with E-state index >= 15 is 0 Å². The molecule has 0 saturated carbocycles. The maximum Gasteiger partial charge on any atom is 0.161 e. The van der Waals surface area contributed by atoms with E-state index < -0.39 is 0 Å². The third-order valence-corrected chi connectivity index (χ3v) is 6.22. The first-order chi connectivity index (χ1) is 14.7. The van der Waals surface area contributed by atoms with Crippen LogP contribution in [-0.4, -0.2) is 41.7 Å². The highest BCUT2D eigenvalue weighted by molar-refractivity contribution is 7.17. The third-order valence-electron chi connectivity index (χ3n) is 5.22. The summed E-state index contributed by atoms with van der Waals surface area (Å²) in [5.41, 5.74) is 4.76. The number of aromatic nitrogens is 2. The fourth-order valence-corrected chi connectivity index (χ4v) is 4.83. The Morgan fingerprint density at radius 3 is 2.67 bits per heavy atom. The van der Waals surface area contributed by atoms with Gasteiger partial charge in [-0.05, 0) is 56.0 Å². The zero-order valence-corrected chi connectivity index (χ0v) is 18.2. The first kappa shape index (κ1) is 20.8. The molecule has 0 amide bonds. The van der Waals surface area contributed by atoms with Crippen LogP contribution >= 0.6 is 11.3 Å². The zero-order valence-electron chi connectivity index (χ0n) is 17.4. The quantitative estimate of drug-likeness (QED) is 0.534. The molecule has 0 fully saturated rings. The summed E-state index contributed by atoms with van der Waals surface area (Å²) in [6, 6.07) is 12.6. The largest absolute Gasteiger partial charge is 0.490 e. The number of hydrogen-bond acceptors (Lipinski definition) is 7. The van der Waals surface area contributed by atoms with Crippen molar-refractivity contribution in [1.82, 2.24) is 15.5 Å². The minimum absolute atomic E-state index is 0.150. The van der Waals surface area contributed by atoms with Crippen LogP contribution in [0.2, 0.25) is 0 Å². The molecule has 1 heterocycles. The monoisotopic (exact) mass is 425 g/mol. The van der Waals surface area contributed by atoms with Gasteiger partial charge < -0.3 is 19.9 Å². The molecule has 0 saturated heterocycles. The molecule has 3 aromatic rings. The Hall–Kier alpha value is -2.48. The Labute approximate surface area is 180 Å². The predicted octanol–water partition coefficient (Wildman–Crippen LogP) is 4.24.